The maximum absolute atomic E-state index is 12.9. The molecule has 7 nitrogen and oxygen atoms in total. The van der Waals surface area contributed by atoms with E-state index in [0.717, 1.165) is 49.8 Å². The van der Waals surface area contributed by atoms with Gasteiger partial charge in [0.15, 0.2) is 0 Å². The Balaban J connectivity index is 1.53. The van der Waals surface area contributed by atoms with Gasteiger partial charge in [0, 0.05) is 25.2 Å². The molecule has 2 saturated heterocycles. The van der Waals surface area contributed by atoms with Gasteiger partial charge in [0.05, 0.1) is 6.54 Å². The zero-order valence-corrected chi connectivity index (χ0v) is 14.2. The van der Waals surface area contributed by atoms with E-state index in [4.69, 9.17) is 4.74 Å². The number of hydrogen-bond donors (Lipinski definition) is 2. The van der Waals surface area contributed by atoms with Crippen molar-refractivity contribution >= 4 is 12.0 Å². The molecule has 1 unspecified atom stereocenters. The summed E-state index contributed by atoms with van der Waals surface area (Å²) in [4.78, 5) is 41.3. The van der Waals surface area contributed by atoms with Crippen molar-refractivity contribution in [2.75, 3.05) is 19.6 Å². The van der Waals surface area contributed by atoms with E-state index >= 15 is 0 Å². The first-order chi connectivity index (χ1) is 12.1. The zero-order chi connectivity index (χ0) is 17.4. The summed E-state index contributed by atoms with van der Waals surface area (Å²) in [6.45, 7) is 1.56. The van der Waals surface area contributed by atoms with Gasteiger partial charge in [-0.3, -0.25) is 9.59 Å². The number of carbonyl (C=O) groups excluding carboxylic acids is 2. The topological polar surface area (TPSA) is 91.5 Å². The number of rotatable bonds is 1. The minimum Gasteiger partial charge on any atom is -0.441 e. The molecule has 1 aromatic heterocycles. The van der Waals surface area contributed by atoms with Crippen molar-refractivity contribution in [3.05, 3.63) is 33.2 Å². The zero-order valence-electron chi connectivity index (χ0n) is 14.2. The minimum absolute atomic E-state index is 0.219. The van der Waals surface area contributed by atoms with Crippen LogP contribution in [0.25, 0.3) is 0 Å². The Morgan fingerprint density at radius 1 is 1.12 bits per heavy atom. The molecule has 1 aromatic rings. The van der Waals surface area contributed by atoms with Crippen LogP contribution in [-0.2, 0) is 17.6 Å². The Kier molecular flexibility index (Phi) is 4.01. The highest BCUT2D eigenvalue weighted by atomic mass is 16.6. The molecule has 4 rings (SSSR count). The number of nitrogens with zero attached hydrogens (tertiary/aromatic N) is 1. The minimum atomic E-state index is -0.506. The number of H-pyrrole nitrogens is 1. The largest absolute Gasteiger partial charge is 0.441 e. The van der Waals surface area contributed by atoms with Gasteiger partial charge in [0.1, 0.15) is 11.2 Å². The first-order valence-corrected chi connectivity index (χ1v) is 9.08. The second kappa shape index (κ2) is 6.20. The van der Waals surface area contributed by atoms with E-state index in [1.807, 2.05) is 0 Å². The molecular formula is C18H23N3O4. The van der Waals surface area contributed by atoms with E-state index in [-0.39, 0.29) is 23.1 Å². The summed E-state index contributed by atoms with van der Waals surface area (Å²) in [6, 6.07) is 1.79. The lowest BCUT2D eigenvalue weighted by atomic mass is 9.94. The molecule has 3 aliphatic rings. The Bertz CT molecular complexity index is 772. The fraction of sp³-hybridized carbons (Fsp3) is 0.611. The van der Waals surface area contributed by atoms with E-state index < -0.39 is 5.60 Å². The third-order valence-corrected chi connectivity index (χ3v) is 5.62. The van der Waals surface area contributed by atoms with Gasteiger partial charge in [-0.1, -0.05) is 0 Å². The van der Waals surface area contributed by atoms with Gasteiger partial charge in [0.2, 0.25) is 0 Å². The number of carbonyl (C=O) groups is 2. The highest BCUT2D eigenvalue weighted by Crippen LogP contribution is 2.29. The van der Waals surface area contributed by atoms with Gasteiger partial charge < -0.3 is 19.9 Å². The summed E-state index contributed by atoms with van der Waals surface area (Å²) >= 11 is 0. The predicted octanol–water partition coefficient (Wildman–Crippen LogP) is 1.36. The molecule has 2 aliphatic heterocycles. The summed E-state index contributed by atoms with van der Waals surface area (Å²) in [5, 5.41) is 2.71. The monoisotopic (exact) mass is 345 g/mol. The van der Waals surface area contributed by atoms with Crippen LogP contribution in [0.1, 0.15) is 53.7 Å². The number of aryl methyl sites for hydroxylation is 2. The first-order valence-electron chi connectivity index (χ1n) is 9.08. The third-order valence-electron chi connectivity index (χ3n) is 5.62. The van der Waals surface area contributed by atoms with Gasteiger partial charge in [0.25, 0.3) is 11.5 Å². The van der Waals surface area contributed by atoms with Crippen LogP contribution in [0.3, 0.4) is 0 Å². The highest BCUT2D eigenvalue weighted by molar-refractivity contribution is 5.94. The number of aromatic amines is 1. The maximum atomic E-state index is 12.9. The number of alkyl carbamates (subject to hydrolysis) is 1. The number of ether oxygens (including phenoxy) is 1. The van der Waals surface area contributed by atoms with Crippen molar-refractivity contribution in [1.29, 1.82) is 0 Å². The normalized spacial score (nSPS) is 25.9. The van der Waals surface area contributed by atoms with E-state index in [9.17, 15) is 14.4 Å². The van der Waals surface area contributed by atoms with E-state index in [0.29, 0.717) is 26.1 Å². The molecule has 0 saturated carbocycles. The van der Waals surface area contributed by atoms with Gasteiger partial charge in [-0.25, -0.2) is 4.79 Å². The summed E-state index contributed by atoms with van der Waals surface area (Å²) in [6.07, 6.45) is 5.67. The molecule has 3 heterocycles. The lowest BCUT2D eigenvalue weighted by Gasteiger charge is -2.25. The average molecular weight is 345 g/mol. The fourth-order valence-corrected chi connectivity index (χ4v) is 4.16. The van der Waals surface area contributed by atoms with E-state index in [1.165, 1.54) is 0 Å². The van der Waals surface area contributed by atoms with Crippen LogP contribution in [0.5, 0.6) is 0 Å². The first kappa shape index (κ1) is 16.2. The molecule has 0 radical (unpaired) electrons. The summed E-state index contributed by atoms with van der Waals surface area (Å²) in [7, 11) is 0. The molecule has 2 amide bonds. The lowest BCUT2D eigenvalue weighted by Crippen LogP contribution is -2.38. The van der Waals surface area contributed by atoms with Crippen LogP contribution in [0.4, 0.5) is 4.79 Å². The molecule has 25 heavy (non-hydrogen) atoms. The summed E-state index contributed by atoms with van der Waals surface area (Å²) in [5.74, 6) is -0.219. The van der Waals surface area contributed by atoms with Crippen LogP contribution in [-0.4, -0.2) is 47.1 Å². The summed E-state index contributed by atoms with van der Waals surface area (Å²) in [5.41, 5.74) is 1.51. The molecule has 2 fully saturated rings. The van der Waals surface area contributed by atoms with Gasteiger partial charge in [-0.05, 0) is 50.2 Å². The Morgan fingerprint density at radius 2 is 1.96 bits per heavy atom. The maximum Gasteiger partial charge on any atom is 0.407 e. The van der Waals surface area contributed by atoms with Crippen molar-refractivity contribution in [3.63, 3.8) is 0 Å². The SMILES string of the molecule is O=C1NCC2(CCCN(C(=O)c3cc4c([nH]c3=O)CCCC4)CC2)O1. The number of likely N-dealkylation sites (tertiary alicyclic amines) is 1. The van der Waals surface area contributed by atoms with Gasteiger partial charge in [-0.15, -0.1) is 0 Å². The van der Waals surface area contributed by atoms with Crippen LogP contribution < -0.4 is 10.9 Å². The van der Waals surface area contributed by atoms with E-state index in [1.54, 1.807) is 11.0 Å². The van der Waals surface area contributed by atoms with Crippen molar-refractivity contribution < 1.29 is 14.3 Å². The van der Waals surface area contributed by atoms with Crippen LogP contribution >= 0.6 is 0 Å². The summed E-state index contributed by atoms with van der Waals surface area (Å²) < 4.78 is 5.45. The predicted molar refractivity (Wildman–Crippen MR) is 90.7 cm³/mol. The second-order valence-corrected chi connectivity index (χ2v) is 7.29. The number of pyridine rings is 1. The highest BCUT2D eigenvalue weighted by Gasteiger charge is 2.42. The standard InChI is InChI=1S/C18H23N3O4/c22-15-13(10-12-4-1-2-5-14(12)20-15)16(23)21-8-3-6-18(7-9-21)11-19-17(24)25-18/h10H,1-9,11H2,(H,19,24)(H,20,22). The Morgan fingerprint density at radius 3 is 2.76 bits per heavy atom. The molecule has 134 valence electrons. The average Bonchev–Trinajstić information content (AvgIpc) is 2.85. The fourth-order valence-electron chi connectivity index (χ4n) is 4.16. The molecule has 0 aromatic carbocycles. The van der Waals surface area contributed by atoms with Crippen molar-refractivity contribution in [2.45, 2.75) is 50.5 Å². The Labute approximate surface area is 145 Å². The van der Waals surface area contributed by atoms with Crippen molar-refractivity contribution in [3.8, 4) is 0 Å². The molecule has 7 heteroatoms. The van der Waals surface area contributed by atoms with Crippen molar-refractivity contribution in [2.24, 2.45) is 0 Å². The number of hydrogen-bond acceptors (Lipinski definition) is 4. The smallest absolute Gasteiger partial charge is 0.407 e. The van der Waals surface area contributed by atoms with E-state index in [2.05, 4.69) is 10.3 Å². The second-order valence-electron chi connectivity index (χ2n) is 7.29. The molecule has 0 bridgehead atoms. The molecule has 1 aliphatic carbocycles. The lowest BCUT2D eigenvalue weighted by molar-refractivity contribution is 0.0438. The number of fused-ring (bicyclic) bond motifs is 1. The Hall–Kier alpha value is -2.31. The van der Waals surface area contributed by atoms with Crippen LogP contribution in [0.15, 0.2) is 10.9 Å². The number of nitrogens with one attached hydrogen (secondary N) is 2. The third kappa shape index (κ3) is 3.03. The van der Waals surface area contributed by atoms with Gasteiger partial charge >= 0.3 is 6.09 Å². The van der Waals surface area contributed by atoms with Crippen LogP contribution in [0.2, 0.25) is 0 Å². The van der Waals surface area contributed by atoms with Gasteiger partial charge in [-0.2, -0.15) is 0 Å². The quantitative estimate of drug-likeness (QED) is 0.804. The number of aromatic nitrogens is 1. The molecular weight excluding hydrogens is 322 g/mol. The molecule has 2 N–H and O–H groups in total. The molecule has 1 spiro atoms. The number of amides is 2. The molecule has 1 atom stereocenters. The van der Waals surface area contributed by atoms with Crippen molar-refractivity contribution in [1.82, 2.24) is 15.2 Å². The van der Waals surface area contributed by atoms with Crippen LogP contribution in [0, 0.1) is 0 Å².